The summed E-state index contributed by atoms with van der Waals surface area (Å²) in [7, 11) is 3.14. The third kappa shape index (κ3) is 4.81. The van der Waals surface area contributed by atoms with E-state index in [4.69, 9.17) is 18.9 Å². The third-order valence-electron chi connectivity index (χ3n) is 3.71. The van der Waals surface area contributed by atoms with Crippen molar-refractivity contribution in [3.63, 3.8) is 0 Å². The predicted octanol–water partition coefficient (Wildman–Crippen LogP) is 3.43. The minimum absolute atomic E-state index is 0.195. The highest BCUT2D eigenvalue weighted by Crippen LogP contribution is 2.29. The van der Waals surface area contributed by atoms with Crippen LogP contribution >= 0.6 is 0 Å². The lowest BCUT2D eigenvalue weighted by Gasteiger charge is -2.13. The van der Waals surface area contributed by atoms with Gasteiger partial charge in [0.25, 0.3) is 5.91 Å². The maximum absolute atomic E-state index is 12.4. The molecule has 1 N–H and O–H groups in total. The van der Waals surface area contributed by atoms with Crippen LogP contribution in [0.3, 0.4) is 0 Å². The number of ether oxygens (including phenoxy) is 4. The Labute approximate surface area is 154 Å². The molecule has 0 heterocycles. The average Bonchev–Trinajstić information content (AvgIpc) is 2.67. The molecule has 140 valence electrons. The molecule has 0 aliphatic heterocycles. The Morgan fingerprint density at radius 3 is 2.00 bits per heavy atom. The third-order valence-corrected chi connectivity index (χ3v) is 3.71. The van der Waals surface area contributed by atoms with Gasteiger partial charge in [0.2, 0.25) is 0 Å². The fourth-order valence-electron chi connectivity index (χ4n) is 2.46. The zero-order valence-corrected chi connectivity index (χ0v) is 15.6. The Morgan fingerprint density at radius 1 is 0.846 bits per heavy atom. The van der Waals surface area contributed by atoms with Gasteiger partial charge < -0.3 is 24.3 Å². The quantitative estimate of drug-likeness (QED) is 0.743. The summed E-state index contributed by atoms with van der Waals surface area (Å²) >= 11 is 0. The van der Waals surface area contributed by atoms with Crippen LogP contribution in [-0.2, 0) is 6.54 Å². The van der Waals surface area contributed by atoms with Crippen LogP contribution in [0, 0.1) is 0 Å². The molecule has 0 unspecified atom stereocenters. The fourth-order valence-corrected chi connectivity index (χ4v) is 2.46. The van der Waals surface area contributed by atoms with E-state index in [-0.39, 0.29) is 5.91 Å². The van der Waals surface area contributed by atoms with E-state index in [0.29, 0.717) is 48.3 Å². The van der Waals surface area contributed by atoms with Crippen molar-refractivity contribution >= 4 is 5.91 Å². The Bertz CT molecular complexity index is 745. The topological polar surface area (TPSA) is 66.0 Å². The first-order valence-electron chi connectivity index (χ1n) is 8.51. The van der Waals surface area contributed by atoms with Crippen molar-refractivity contribution in [2.24, 2.45) is 0 Å². The predicted molar refractivity (Wildman–Crippen MR) is 99.5 cm³/mol. The molecule has 0 aliphatic rings. The highest BCUT2D eigenvalue weighted by Gasteiger charge is 2.12. The van der Waals surface area contributed by atoms with Gasteiger partial charge in [0.1, 0.15) is 0 Å². The van der Waals surface area contributed by atoms with Gasteiger partial charge in [0, 0.05) is 12.1 Å². The summed E-state index contributed by atoms with van der Waals surface area (Å²) in [5, 5.41) is 2.89. The molecule has 0 aliphatic carbocycles. The largest absolute Gasteiger partial charge is 0.493 e. The second-order valence-corrected chi connectivity index (χ2v) is 5.40. The van der Waals surface area contributed by atoms with Gasteiger partial charge in [-0.25, -0.2) is 0 Å². The zero-order valence-electron chi connectivity index (χ0n) is 15.6. The van der Waals surface area contributed by atoms with E-state index in [0.717, 1.165) is 5.56 Å². The van der Waals surface area contributed by atoms with Gasteiger partial charge in [-0.15, -0.1) is 0 Å². The van der Waals surface area contributed by atoms with Gasteiger partial charge in [-0.2, -0.15) is 0 Å². The lowest BCUT2D eigenvalue weighted by Crippen LogP contribution is -2.22. The van der Waals surface area contributed by atoms with Gasteiger partial charge in [0.05, 0.1) is 27.4 Å². The van der Waals surface area contributed by atoms with Crippen molar-refractivity contribution in [2.75, 3.05) is 27.4 Å². The number of nitrogens with one attached hydrogen (secondary N) is 1. The molecule has 2 aromatic carbocycles. The lowest BCUT2D eigenvalue weighted by molar-refractivity contribution is 0.0950. The molecule has 0 aromatic heterocycles. The first-order chi connectivity index (χ1) is 12.6. The molecular formula is C20H25NO5. The summed E-state index contributed by atoms with van der Waals surface area (Å²) in [6.45, 7) is 5.27. The van der Waals surface area contributed by atoms with Crippen molar-refractivity contribution in [2.45, 2.75) is 20.4 Å². The van der Waals surface area contributed by atoms with Gasteiger partial charge in [0.15, 0.2) is 23.0 Å². The van der Waals surface area contributed by atoms with Crippen molar-refractivity contribution < 1.29 is 23.7 Å². The Morgan fingerprint density at radius 2 is 1.42 bits per heavy atom. The molecular weight excluding hydrogens is 334 g/mol. The van der Waals surface area contributed by atoms with E-state index in [1.165, 1.54) is 0 Å². The van der Waals surface area contributed by atoms with Gasteiger partial charge in [-0.05, 0) is 49.7 Å². The van der Waals surface area contributed by atoms with Gasteiger partial charge in [-0.1, -0.05) is 6.07 Å². The number of carbonyl (C=O) groups excluding carboxylic acids is 1. The van der Waals surface area contributed by atoms with Crippen LogP contribution in [0.2, 0.25) is 0 Å². The summed E-state index contributed by atoms with van der Waals surface area (Å²) in [6.07, 6.45) is 0. The van der Waals surface area contributed by atoms with Crippen LogP contribution in [0.4, 0.5) is 0 Å². The molecule has 0 atom stereocenters. The van der Waals surface area contributed by atoms with Crippen molar-refractivity contribution in [3.8, 4) is 23.0 Å². The number of hydrogen-bond acceptors (Lipinski definition) is 5. The molecule has 0 saturated carbocycles. The summed E-state index contributed by atoms with van der Waals surface area (Å²) < 4.78 is 21.6. The minimum atomic E-state index is -0.195. The number of benzene rings is 2. The van der Waals surface area contributed by atoms with Crippen LogP contribution in [0.25, 0.3) is 0 Å². The standard InChI is InChI=1S/C20H25NO5/c1-5-25-16-9-7-14(11-18(16)23-3)13-21-20(22)15-8-10-17(26-6-2)19(12-15)24-4/h7-12H,5-6,13H2,1-4H3,(H,21,22). The van der Waals surface area contributed by atoms with Crippen LogP contribution < -0.4 is 24.3 Å². The van der Waals surface area contributed by atoms with E-state index in [1.807, 2.05) is 32.0 Å². The van der Waals surface area contributed by atoms with Crippen molar-refractivity contribution in [1.82, 2.24) is 5.32 Å². The molecule has 1 amide bonds. The average molecular weight is 359 g/mol. The van der Waals surface area contributed by atoms with Crippen molar-refractivity contribution in [1.29, 1.82) is 0 Å². The summed E-state index contributed by atoms with van der Waals surface area (Å²) in [5.74, 6) is 2.27. The number of rotatable bonds is 9. The molecule has 0 fully saturated rings. The maximum Gasteiger partial charge on any atom is 0.251 e. The number of methoxy groups -OCH3 is 2. The Hall–Kier alpha value is -2.89. The summed E-state index contributed by atoms with van der Waals surface area (Å²) in [5.41, 5.74) is 1.42. The molecule has 2 aromatic rings. The molecule has 26 heavy (non-hydrogen) atoms. The molecule has 0 saturated heterocycles. The van der Waals surface area contributed by atoms with Gasteiger partial charge >= 0.3 is 0 Å². The van der Waals surface area contributed by atoms with Crippen LogP contribution in [-0.4, -0.2) is 33.3 Å². The number of amides is 1. The Balaban J connectivity index is 2.06. The summed E-state index contributed by atoms with van der Waals surface area (Å²) in [6, 6.07) is 10.7. The molecule has 0 radical (unpaired) electrons. The second-order valence-electron chi connectivity index (χ2n) is 5.40. The lowest BCUT2D eigenvalue weighted by atomic mass is 10.1. The van der Waals surface area contributed by atoms with E-state index >= 15 is 0 Å². The van der Waals surface area contributed by atoms with E-state index in [9.17, 15) is 4.79 Å². The maximum atomic E-state index is 12.4. The normalized spacial score (nSPS) is 10.2. The fraction of sp³-hybridized carbons (Fsp3) is 0.350. The highest BCUT2D eigenvalue weighted by molar-refractivity contribution is 5.94. The highest BCUT2D eigenvalue weighted by atomic mass is 16.5. The van der Waals surface area contributed by atoms with Crippen molar-refractivity contribution in [3.05, 3.63) is 47.5 Å². The summed E-state index contributed by atoms with van der Waals surface area (Å²) in [4.78, 5) is 12.4. The molecule has 0 bridgehead atoms. The molecule has 6 heteroatoms. The molecule has 6 nitrogen and oxygen atoms in total. The minimum Gasteiger partial charge on any atom is -0.493 e. The molecule has 0 spiro atoms. The zero-order chi connectivity index (χ0) is 18.9. The number of hydrogen-bond donors (Lipinski definition) is 1. The van der Waals surface area contributed by atoms with E-state index < -0.39 is 0 Å². The smallest absolute Gasteiger partial charge is 0.251 e. The first kappa shape index (κ1) is 19.4. The van der Waals surface area contributed by atoms with E-state index in [2.05, 4.69) is 5.32 Å². The monoisotopic (exact) mass is 359 g/mol. The second kappa shape index (κ2) is 9.56. The first-order valence-corrected chi connectivity index (χ1v) is 8.51. The Kier molecular flexibility index (Phi) is 7.14. The van der Waals surface area contributed by atoms with Crippen LogP contribution in [0.15, 0.2) is 36.4 Å². The number of carbonyl (C=O) groups is 1. The molecule has 2 rings (SSSR count). The van der Waals surface area contributed by atoms with E-state index in [1.54, 1.807) is 32.4 Å². The SMILES string of the molecule is CCOc1ccc(CNC(=O)c2ccc(OCC)c(OC)c2)cc1OC. The van der Waals surface area contributed by atoms with Crippen LogP contribution in [0.5, 0.6) is 23.0 Å². The van der Waals surface area contributed by atoms with Gasteiger partial charge in [-0.3, -0.25) is 4.79 Å². The van der Waals surface area contributed by atoms with Crippen LogP contribution in [0.1, 0.15) is 29.8 Å².